The highest BCUT2D eigenvalue weighted by atomic mass is 16.5. The van der Waals surface area contributed by atoms with E-state index in [1.165, 1.54) is 7.11 Å². The molecule has 1 N–H and O–H groups in total. The van der Waals surface area contributed by atoms with E-state index >= 15 is 0 Å². The fourth-order valence-electron chi connectivity index (χ4n) is 1.91. The molecule has 1 aromatic rings. The van der Waals surface area contributed by atoms with Gasteiger partial charge in [0.25, 0.3) is 5.91 Å². The first-order chi connectivity index (χ1) is 9.13. The summed E-state index contributed by atoms with van der Waals surface area (Å²) in [5.41, 5.74) is 3.38. The van der Waals surface area contributed by atoms with Crippen LogP contribution in [0.3, 0.4) is 0 Å². The smallest absolute Gasteiger partial charge is 0.324 e. The van der Waals surface area contributed by atoms with Crippen LogP contribution in [0.15, 0.2) is 30.3 Å². The SMILES string of the molecule is COC(=O)[C@H](C)N(NC(=O)c1ccccc1)C1CC1. The number of hydrogen-bond donors (Lipinski definition) is 1. The maximum atomic E-state index is 12.1. The molecule has 1 aliphatic rings. The van der Waals surface area contributed by atoms with Crippen LogP contribution < -0.4 is 5.43 Å². The van der Waals surface area contributed by atoms with Gasteiger partial charge in [-0.05, 0) is 31.9 Å². The quantitative estimate of drug-likeness (QED) is 0.643. The molecule has 5 nitrogen and oxygen atoms in total. The van der Waals surface area contributed by atoms with Crippen LogP contribution in [0.5, 0.6) is 0 Å². The number of carbonyl (C=O) groups is 2. The minimum atomic E-state index is -0.481. The molecule has 0 aromatic heterocycles. The summed E-state index contributed by atoms with van der Waals surface area (Å²) in [6, 6.07) is 8.69. The molecule has 19 heavy (non-hydrogen) atoms. The molecule has 1 amide bonds. The molecular formula is C14H18N2O3. The van der Waals surface area contributed by atoms with E-state index in [1.54, 1.807) is 36.2 Å². The predicted octanol–water partition coefficient (Wildman–Crippen LogP) is 1.36. The molecule has 0 saturated heterocycles. The molecule has 0 radical (unpaired) electrons. The van der Waals surface area contributed by atoms with Gasteiger partial charge in [-0.1, -0.05) is 18.2 Å². The van der Waals surface area contributed by atoms with Gasteiger partial charge in [-0.3, -0.25) is 15.0 Å². The zero-order chi connectivity index (χ0) is 13.8. The van der Waals surface area contributed by atoms with E-state index < -0.39 is 6.04 Å². The highest BCUT2D eigenvalue weighted by molar-refractivity contribution is 5.94. The summed E-state index contributed by atoms with van der Waals surface area (Å²) in [4.78, 5) is 23.7. The Morgan fingerprint density at radius 1 is 1.32 bits per heavy atom. The Morgan fingerprint density at radius 3 is 2.47 bits per heavy atom. The lowest BCUT2D eigenvalue weighted by Crippen LogP contribution is -2.52. The average Bonchev–Trinajstić information content (AvgIpc) is 3.28. The number of carbonyl (C=O) groups excluding carboxylic acids is 2. The van der Waals surface area contributed by atoms with Gasteiger partial charge in [0.05, 0.1) is 7.11 Å². The molecule has 2 rings (SSSR count). The number of hydrogen-bond acceptors (Lipinski definition) is 4. The first-order valence-electron chi connectivity index (χ1n) is 6.35. The van der Waals surface area contributed by atoms with Crippen molar-refractivity contribution >= 4 is 11.9 Å². The first kappa shape index (κ1) is 13.5. The number of methoxy groups -OCH3 is 1. The number of rotatable bonds is 5. The summed E-state index contributed by atoms with van der Waals surface area (Å²) in [5.74, 6) is -0.552. The van der Waals surface area contributed by atoms with Crippen LogP contribution in [-0.4, -0.2) is 36.1 Å². The van der Waals surface area contributed by atoms with E-state index in [2.05, 4.69) is 5.43 Å². The van der Waals surface area contributed by atoms with Crippen LogP contribution >= 0.6 is 0 Å². The van der Waals surface area contributed by atoms with Crippen molar-refractivity contribution < 1.29 is 14.3 Å². The van der Waals surface area contributed by atoms with E-state index in [1.807, 2.05) is 6.07 Å². The van der Waals surface area contributed by atoms with Gasteiger partial charge in [-0.15, -0.1) is 0 Å². The highest BCUT2D eigenvalue weighted by Gasteiger charge is 2.36. The Labute approximate surface area is 112 Å². The van der Waals surface area contributed by atoms with Crippen LogP contribution in [0.1, 0.15) is 30.1 Å². The zero-order valence-electron chi connectivity index (χ0n) is 11.1. The third-order valence-corrected chi connectivity index (χ3v) is 3.17. The summed E-state index contributed by atoms with van der Waals surface area (Å²) in [5, 5.41) is 1.70. The largest absolute Gasteiger partial charge is 0.468 e. The third-order valence-electron chi connectivity index (χ3n) is 3.17. The van der Waals surface area contributed by atoms with Gasteiger partial charge in [-0.25, -0.2) is 5.01 Å². The van der Waals surface area contributed by atoms with Crippen molar-refractivity contribution in [2.45, 2.75) is 31.8 Å². The highest BCUT2D eigenvalue weighted by Crippen LogP contribution is 2.27. The summed E-state index contributed by atoms with van der Waals surface area (Å²) in [6.07, 6.45) is 1.97. The van der Waals surface area contributed by atoms with Crippen LogP contribution in [0.25, 0.3) is 0 Å². The van der Waals surface area contributed by atoms with Crippen LogP contribution in [-0.2, 0) is 9.53 Å². The Balaban J connectivity index is 2.05. The maximum Gasteiger partial charge on any atom is 0.324 e. The summed E-state index contributed by atoms with van der Waals surface area (Å²) < 4.78 is 4.73. The lowest BCUT2D eigenvalue weighted by atomic mass is 10.2. The van der Waals surface area contributed by atoms with Crippen LogP contribution in [0.2, 0.25) is 0 Å². The fraction of sp³-hybridized carbons (Fsp3) is 0.429. The number of hydrazine groups is 1. The summed E-state index contributed by atoms with van der Waals surface area (Å²) in [6.45, 7) is 1.73. The molecule has 1 aliphatic carbocycles. The van der Waals surface area contributed by atoms with Gasteiger partial charge in [0.2, 0.25) is 0 Å². The number of esters is 1. The van der Waals surface area contributed by atoms with E-state index in [0.29, 0.717) is 5.56 Å². The summed E-state index contributed by atoms with van der Waals surface area (Å²) >= 11 is 0. The molecule has 0 heterocycles. The molecule has 0 bridgehead atoms. The van der Waals surface area contributed by atoms with Crippen molar-refractivity contribution in [2.75, 3.05) is 7.11 Å². The molecule has 5 heteroatoms. The molecule has 102 valence electrons. The molecule has 0 unspecified atom stereocenters. The Morgan fingerprint density at radius 2 is 1.95 bits per heavy atom. The van der Waals surface area contributed by atoms with Crippen molar-refractivity contribution in [3.8, 4) is 0 Å². The summed E-state index contributed by atoms with van der Waals surface area (Å²) in [7, 11) is 1.35. The molecular weight excluding hydrogens is 244 g/mol. The van der Waals surface area contributed by atoms with Gasteiger partial charge in [0.1, 0.15) is 6.04 Å². The normalized spacial score (nSPS) is 15.9. The average molecular weight is 262 g/mol. The van der Waals surface area contributed by atoms with Gasteiger partial charge < -0.3 is 4.74 Å². The lowest BCUT2D eigenvalue weighted by Gasteiger charge is -2.27. The Kier molecular flexibility index (Phi) is 4.16. The minimum absolute atomic E-state index is 0.205. The molecule has 0 spiro atoms. The minimum Gasteiger partial charge on any atom is -0.468 e. The number of benzene rings is 1. The molecule has 1 fully saturated rings. The van der Waals surface area contributed by atoms with E-state index in [0.717, 1.165) is 12.8 Å². The van der Waals surface area contributed by atoms with Crippen LogP contribution in [0.4, 0.5) is 0 Å². The van der Waals surface area contributed by atoms with Crippen molar-refractivity contribution in [2.24, 2.45) is 0 Å². The second-order valence-corrected chi connectivity index (χ2v) is 4.64. The van der Waals surface area contributed by atoms with E-state index in [9.17, 15) is 9.59 Å². The molecule has 0 aliphatic heterocycles. The molecule has 1 atom stereocenters. The van der Waals surface area contributed by atoms with Gasteiger partial charge in [-0.2, -0.15) is 0 Å². The Hall–Kier alpha value is -1.88. The standard InChI is InChI=1S/C14H18N2O3/c1-10(14(18)19-2)16(12-8-9-12)15-13(17)11-6-4-3-5-7-11/h3-7,10,12H,8-9H2,1-2H3,(H,15,17)/t10-/m0/s1. The topological polar surface area (TPSA) is 58.6 Å². The number of nitrogens with one attached hydrogen (secondary N) is 1. The monoisotopic (exact) mass is 262 g/mol. The molecule has 1 saturated carbocycles. The van der Waals surface area contributed by atoms with Crippen molar-refractivity contribution in [1.82, 2.24) is 10.4 Å². The number of nitrogens with zero attached hydrogens (tertiary/aromatic N) is 1. The Bertz CT molecular complexity index is 457. The van der Waals surface area contributed by atoms with E-state index in [4.69, 9.17) is 4.74 Å². The maximum absolute atomic E-state index is 12.1. The van der Waals surface area contributed by atoms with Crippen molar-refractivity contribution in [3.63, 3.8) is 0 Å². The van der Waals surface area contributed by atoms with E-state index in [-0.39, 0.29) is 17.9 Å². The third kappa shape index (κ3) is 3.32. The second-order valence-electron chi connectivity index (χ2n) is 4.64. The zero-order valence-corrected chi connectivity index (χ0v) is 11.1. The van der Waals surface area contributed by atoms with Crippen molar-refractivity contribution in [3.05, 3.63) is 35.9 Å². The lowest BCUT2D eigenvalue weighted by molar-refractivity contribution is -0.147. The number of ether oxygens (including phenoxy) is 1. The van der Waals surface area contributed by atoms with Gasteiger partial charge in [0.15, 0.2) is 0 Å². The molecule has 1 aromatic carbocycles. The van der Waals surface area contributed by atoms with Crippen molar-refractivity contribution in [1.29, 1.82) is 0 Å². The van der Waals surface area contributed by atoms with Crippen LogP contribution in [0, 0.1) is 0 Å². The predicted molar refractivity (Wildman–Crippen MR) is 70.2 cm³/mol. The van der Waals surface area contributed by atoms with Gasteiger partial charge >= 0.3 is 5.97 Å². The second kappa shape index (κ2) is 5.84. The first-order valence-corrected chi connectivity index (χ1v) is 6.35. The number of amides is 1. The van der Waals surface area contributed by atoms with Gasteiger partial charge in [0, 0.05) is 11.6 Å². The fourth-order valence-corrected chi connectivity index (χ4v) is 1.91.